The van der Waals surface area contributed by atoms with E-state index in [0.29, 0.717) is 6.54 Å². The van der Waals surface area contributed by atoms with Gasteiger partial charge in [0.25, 0.3) is 0 Å². The van der Waals surface area contributed by atoms with Crippen molar-refractivity contribution < 1.29 is 5.11 Å². The Labute approximate surface area is 88.2 Å². The molecule has 2 aromatic rings. The van der Waals surface area contributed by atoms with Crippen LogP contribution in [0.4, 0.5) is 0 Å². The summed E-state index contributed by atoms with van der Waals surface area (Å²) in [4.78, 5) is 0. The second-order valence-corrected chi connectivity index (χ2v) is 3.34. The van der Waals surface area contributed by atoms with E-state index in [2.05, 4.69) is 10.3 Å². The zero-order valence-corrected chi connectivity index (χ0v) is 8.59. The molecule has 1 aromatic heterocycles. The lowest BCUT2D eigenvalue weighted by Crippen LogP contribution is -2.06. The predicted molar refractivity (Wildman–Crippen MR) is 57.3 cm³/mol. The number of rotatable bonds is 3. The number of aromatic nitrogens is 3. The van der Waals surface area contributed by atoms with E-state index in [0.717, 1.165) is 17.0 Å². The van der Waals surface area contributed by atoms with Gasteiger partial charge in [-0.3, -0.25) is 0 Å². The van der Waals surface area contributed by atoms with Gasteiger partial charge in [0.2, 0.25) is 0 Å². The molecule has 0 fully saturated rings. The molecule has 78 valence electrons. The maximum Gasteiger partial charge on any atom is 0.0915 e. The summed E-state index contributed by atoms with van der Waals surface area (Å²) in [7, 11) is 0. The van der Waals surface area contributed by atoms with E-state index >= 15 is 0 Å². The minimum atomic E-state index is 0.0721. The van der Waals surface area contributed by atoms with Gasteiger partial charge in [-0.2, -0.15) is 0 Å². The molecular weight excluding hydrogens is 190 g/mol. The van der Waals surface area contributed by atoms with Gasteiger partial charge in [-0.05, 0) is 6.92 Å². The quantitative estimate of drug-likeness (QED) is 0.816. The van der Waals surface area contributed by atoms with Gasteiger partial charge < -0.3 is 5.11 Å². The topological polar surface area (TPSA) is 50.9 Å². The molecule has 2 rings (SSSR count). The van der Waals surface area contributed by atoms with E-state index in [1.165, 1.54) is 0 Å². The highest BCUT2D eigenvalue weighted by Crippen LogP contribution is 2.20. The second-order valence-electron chi connectivity index (χ2n) is 3.34. The van der Waals surface area contributed by atoms with Crippen LogP contribution in [0.25, 0.3) is 11.3 Å². The van der Waals surface area contributed by atoms with Crippen LogP contribution >= 0.6 is 0 Å². The van der Waals surface area contributed by atoms with Crippen molar-refractivity contribution in [1.29, 1.82) is 0 Å². The lowest BCUT2D eigenvalue weighted by Gasteiger charge is -2.04. The zero-order valence-electron chi connectivity index (χ0n) is 8.59. The van der Waals surface area contributed by atoms with Crippen LogP contribution in [-0.2, 0) is 6.54 Å². The van der Waals surface area contributed by atoms with Crippen LogP contribution in [-0.4, -0.2) is 26.7 Å². The first-order valence-electron chi connectivity index (χ1n) is 4.89. The summed E-state index contributed by atoms with van der Waals surface area (Å²) in [5.41, 5.74) is 2.94. The first-order valence-corrected chi connectivity index (χ1v) is 4.89. The minimum Gasteiger partial charge on any atom is -0.394 e. The molecule has 0 aliphatic heterocycles. The van der Waals surface area contributed by atoms with E-state index in [-0.39, 0.29) is 6.61 Å². The Bertz CT molecular complexity index is 436. The number of aliphatic hydroxyl groups excluding tert-OH is 1. The van der Waals surface area contributed by atoms with Crippen molar-refractivity contribution in [1.82, 2.24) is 15.0 Å². The molecule has 15 heavy (non-hydrogen) atoms. The molecule has 0 bridgehead atoms. The Kier molecular flexibility index (Phi) is 2.78. The average molecular weight is 203 g/mol. The Hall–Kier alpha value is -1.68. The molecule has 0 amide bonds. The van der Waals surface area contributed by atoms with Crippen molar-refractivity contribution in [3.63, 3.8) is 0 Å². The standard InChI is InChI=1S/C11H13N3O/c1-9-11(10-5-3-2-4-6-10)14(7-8-15)13-12-9/h2-6,15H,7-8H2,1H3. The van der Waals surface area contributed by atoms with Crippen LogP contribution in [0.1, 0.15) is 5.69 Å². The SMILES string of the molecule is Cc1nnn(CCO)c1-c1ccccc1. The molecule has 4 heteroatoms. The summed E-state index contributed by atoms with van der Waals surface area (Å²) in [6, 6.07) is 9.95. The summed E-state index contributed by atoms with van der Waals surface area (Å²) in [6.45, 7) is 2.47. The third-order valence-corrected chi connectivity index (χ3v) is 2.26. The molecular formula is C11H13N3O. The number of hydrogen-bond donors (Lipinski definition) is 1. The van der Waals surface area contributed by atoms with E-state index in [1.807, 2.05) is 37.3 Å². The molecule has 1 heterocycles. The molecule has 0 unspecified atom stereocenters. The van der Waals surface area contributed by atoms with Crippen LogP contribution in [0.3, 0.4) is 0 Å². The van der Waals surface area contributed by atoms with Crippen molar-refractivity contribution in [2.24, 2.45) is 0 Å². The van der Waals surface area contributed by atoms with Crippen LogP contribution in [0.2, 0.25) is 0 Å². The third kappa shape index (κ3) is 1.89. The van der Waals surface area contributed by atoms with E-state index in [4.69, 9.17) is 5.11 Å². The molecule has 0 saturated heterocycles. The normalized spacial score (nSPS) is 10.5. The maximum atomic E-state index is 8.91. The van der Waals surface area contributed by atoms with Crippen molar-refractivity contribution in [2.75, 3.05) is 6.61 Å². The number of hydrogen-bond acceptors (Lipinski definition) is 3. The molecule has 1 N–H and O–H groups in total. The molecule has 1 aromatic carbocycles. The van der Waals surface area contributed by atoms with Crippen molar-refractivity contribution in [3.8, 4) is 11.3 Å². The average Bonchev–Trinajstić information content (AvgIpc) is 2.62. The summed E-state index contributed by atoms with van der Waals surface area (Å²) < 4.78 is 1.73. The molecule has 0 saturated carbocycles. The lowest BCUT2D eigenvalue weighted by atomic mass is 10.1. The van der Waals surface area contributed by atoms with E-state index in [9.17, 15) is 0 Å². The number of aryl methyl sites for hydroxylation is 1. The van der Waals surface area contributed by atoms with Gasteiger partial charge in [0.15, 0.2) is 0 Å². The highest BCUT2D eigenvalue weighted by atomic mass is 16.3. The highest BCUT2D eigenvalue weighted by molar-refractivity contribution is 5.61. The summed E-state index contributed by atoms with van der Waals surface area (Å²) in [6.07, 6.45) is 0. The number of aliphatic hydroxyl groups is 1. The maximum absolute atomic E-state index is 8.91. The molecule has 0 aliphatic rings. The second kappa shape index (κ2) is 4.23. The summed E-state index contributed by atoms with van der Waals surface area (Å²) in [5, 5.41) is 16.9. The number of nitrogens with zero attached hydrogens (tertiary/aromatic N) is 3. The molecule has 0 atom stereocenters. The van der Waals surface area contributed by atoms with Gasteiger partial charge in [0, 0.05) is 5.56 Å². The van der Waals surface area contributed by atoms with Crippen molar-refractivity contribution >= 4 is 0 Å². The molecule has 0 radical (unpaired) electrons. The predicted octanol–water partition coefficient (Wildman–Crippen LogP) is 1.25. The third-order valence-electron chi connectivity index (χ3n) is 2.26. The Balaban J connectivity index is 2.47. The molecule has 0 spiro atoms. The van der Waals surface area contributed by atoms with Gasteiger partial charge >= 0.3 is 0 Å². The van der Waals surface area contributed by atoms with Crippen LogP contribution < -0.4 is 0 Å². The van der Waals surface area contributed by atoms with Gasteiger partial charge in [-0.25, -0.2) is 4.68 Å². The lowest BCUT2D eigenvalue weighted by molar-refractivity contribution is 0.269. The first-order chi connectivity index (χ1) is 7.33. The minimum absolute atomic E-state index is 0.0721. The van der Waals surface area contributed by atoms with Crippen LogP contribution in [0, 0.1) is 6.92 Å². The number of benzene rings is 1. The Morgan fingerprint density at radius 2 is 2.00 bits per heavy atom. The fraction of sp³-hybridized carbons (Fsp3) is 0.273. The smallest absolute Gasteiger partial charge is 0.0915 e. The summed E-state index contributed by atoms with van der Waals surface area (Å²) >= 11 is 0. The Morgan fingerprint density at radius 1 is 1.27 bits per heavy atom. The van der Waals surface area contributed by atoms with Gasteiger partial charge in [-0.1, -0.05) is 35.5 Å². The fourth-order valence-electron chi connectivity index (χ4n) is 1.61. The molecule has 0 aliphatic carbocycles. The van der Waals surface area contributed by atoms with E-state index in [1.54, 1.807) is 4.68 Å². The van der Waals surface area contributed by atoms with Gasteiger partial charge in [0.05, 0.1) is 24.5 Å². The van der Waals surface area contributed by atoms with Gasteiger partial charge in [0.1, 0.15) is 0 Å². The summed E-state index contributed by atoms with van der Waals surface area (Å²) in [5.74, 6) is 0. The fourth-order valence-corrected chi connectivity index (χ4v) is 1.61. The van der Waals surface area contributed by atoms with E-state index < -0.39 is 0 Å². The zero-order chi connectivity index (χ0) is 10.7. The Morgan fingerprint density at radius 3 is 2.67 bits per heavy atom. The molecule has 4 nitrogen and oxygen atoms in total. The van der Waals surface area contributed by atoms with Crippen LogP contribution in [0.5, 0.6) is 0 Å². The van der Waals surface area contributed by atoms with Gasteiger partial charge in [-0.15, -0.1) is 5.10 Å². The monoisotopic (exact) mass is 203 g/mol. The largest absolute Gasteiger partial charge is 0.394 e. The van der Waals surface area contributed by atoms with Crippen molar-refractivity contribution in [2.45, 2.75) is 13.5 Å². The highest BCUT2D eigenvalue weighted by Gasteiger charge is 2.10. The van der Waals surface area contributed by atoms with Crippen LogP contribution in [0.15, 0.2) is 30.3 Å². The van der Waals surface area contributed by atoms with Crippen molar-refractivity contribution in [3.05, 3.63) is 36.0 Å². The first kappa shape index (κ1) is 9.86.